The molecule has 1 atom stereocenters. The molecule has 0 aliphatic rings. The molecular formula is C20H21ClN4O. The Balaban J connectivity index is 1.54. The highest BCUT2D eigenvalue weighted by molar-refractivity contribution is 6.33. The van der Waals surface area contributed by atoms with E-state index in [1.54, 1.807) is 18.3 Å². The molecule has 0 unspecified atom stereocenters. The van der Waals surface area contributed by atoms with Crippen molar-refractivity contribution in [1.82, 2.24) is 15.1 Å². The molecule has 3 aromatic rings. The maximum atomic E-state index is 12.3. The number of halogens is 1. The van der Waals surface area contributed by atoms with E-state index in [0.717, 1.165) is 12.1 Å². The number of amides is 1. The number of benzene rings is 2. The van der Waals surface area contributed by atoms with Crippen LogP contribution in [0, 0.1) is 0 Å². The Morgan fingerprint density at radius 2 is 1.96 bits per heavy atom. The van der Waals surface area contributed by atoms with E-state index in [1.807, 2.05) is 48.1 Å². The van der Waals surface area contributed by atoms with Crippen LogP contribution in [0.2, 0.25) is 5.02 Å². The van der Waals surface area contributed by atoms with Gasteiger partial charge in [-0.25, -0.2) is 0 Å². The number of carbonyl (C=O) groups is 1. The quantitative estimate of drug-likeness (QED) is 0.668. The van der Waals surface area contributed by atoms with Gasteiger partial charge < -0.3 is 10.6 Å². The highest BCUT2D eigenvalue weighted by Gasteiger charge is 2.13. The van der Waals surface area contributed by atoms with Gasteiger partial charge in [0.1, 0.15) is 0 Å². The summed E-state index contributed by atoms with van der Waals surface area (Å²) in [5, 5.41) is 10.8. The Bertz CT molecular complexity index is 864. The largest absolute Gasteiger partial charge is 0.323 e. The normalized spacial score (nSPS) is 11.9. The Morgan fingerprint density at radius 3 is 2.73 bits per heavy atom. The zero-order valence-corrected chi connectivity index (χ0v) is 15.3. The summed E-state index contributed by atoms with van der Waals surface area (Å²) < 4.78 is 1.88. The van der Waals surface area contributed by atoms with Gasteiger partial charge in [-0.15, -0.1) is 0 Å². The summed E-state index contributed by atoms with van der Waals surface area (Å²) in [6.45, 7) is 3.16. The monoisotopic (exact) mass is 368 g/mol. The zero-order chi connectivity index (χ0) is 18.4. The maximum Gasteiger partial charge on any atom is 0.241 e. The zero-order valence-electron chi connectivity index (χ0n) is 14.5. The second kappa shape index (κ2) is 8.65. The smallest absolute Gasteiger partial charge is 0.241 e. The minimum Gasteiger partial charge on any atom is -0.323 e. The summed E-state index contributed by atoms with van der Waals surface area (Å²) in [6.07, 6.45) is 3.71. The first kappa shape index (κ1) is 18.2. The van der Waals surface area contributed by atoms with Crippen LogP contribution in [0.1, 0.15) is 18.1 Å². The molecule has 5 nitrogen and oxygen atoms in total. The second-order valence-corrected chi connectivity index (χ2v) is 6.50. The number of hydrogen-bond donors (Lipinski definition) is 2. The molecule has 0 aliphatic carbocycles. The standard InChI is InChI=1S/C20H21ClN4O/c1-15(20(26)24-19-9-3-2-8-18(19)21)22-13-16-6-4-7-17(12-16)14-25-11-5-10-23-25/h2-12,15,22H,13-14H2,1H3,(H,24,26)/t15-/m0/s1. The van der Waals surface area contributed by atoms with Crippen LogP contribution in [-0.4, -0.2) is 21.7 Å². The van der Waals surface area contributed by atoms with Gasteiger partial charge in [0.2, 0.25) is 5.91 Å². The number of nitrogens with one attached hydrogen (secondary N) is 2. The molecule has 134 valence electrons. The highest BCUT2D eigenvalue weighted by atomic mass is 35.5. The SMILES string of the molecule is C[C@H](NCc1cccc(Cn2cccn2)c1)C(=O)Nc1ccccc1Cl. The molecule has 1 amide bonds. The molecule has 6 heteroatoms. The highest BCUT2D eigenvalue weighted by Crippen LogP contribution is 2.20. The number of nitrogens with zero attached hydrogens (tertiary/aromatic N) is 2. The van der Waals surface area contributed by atoms with Gasteiger partial charge in [0, 0.05) is 18.9 Å². The fraction of sp³-hybridized carbons (Fsp3) is 0.200. The number of aromatic nitrogens is 2. The Morgan fingerprint density at radius 1 is 1.15 bits per heavy atom. The molecule has 1 aromatic heterocycles. The van der Waals surface area contributed by atoms with Gasteiger partial charge in [0.15, 0.2) is 0 Å². The summed E-state index contributed by atoms with van der Waals surface area (Å²) in [4.78, 5) is 12.3. The fourth-order valence-electron chi connectivity index (χ4n) is 2.59. The average molecular weight is 369 g/mol. The van der Waals surface area contributed by atoms with Crippen LogP contribution in [-0.2, 0) is 17.9 Å². The maximum absolute atomic E-state index is 12.3. The molecule has 0 saturated carbocycles. The van der Waals surface area contributed by atoms with Crippen molar-refractivity contribution in [3.63, 3.8) is 0 Å². The van der Waals surface area contributed by atoms with E-state index in [0.29, 0.717) is 17.3 Å². The first-order chi connectivity index (χ1) is 12.6. The second-order valence-electron chi connectivity index (χ2n) is 6.10. The molecule has 0 spiro atoms. The molecular weight excluding hydrogens is 348 g/mol. The Kier molecular flexibility index (Phi) is 6.04. The van der Waals surface area contributed by atoms with Crippen LogP contribution >= 0.6 is 11.6 Å². The van der Waals surface area contributed by atoms with Crippen LogP contribution in [0.25, 0.3) is 0 Å². The molecule has 3 rings (SSSR count). The van der Waals surface area contributed by atoms with E-state index in [4.69, 9.17) is 11.6 Å². The Labute approximate surface area is 158 Å². The molecule has 1 heterocycles. The molecule has 0 aliphatic heterocycles. The topological polar surface area (TPSA) is 59.0 Å². The van der Waals surface area contributed by atoms with Crippen molar-refractivity contribution in [2.45, 2.75) is 26.1 Å². The molecule has 26 heavy (non-hydrogen) atoms. The van der Waals surface area contributed by atoms with Crippen molar-refractivity contribution in [2.75, 3.05) is 5.32 Å². The third-order valence-electron chi connectivity index (χ3n) is 4.03. The number of rotatable bonds is 7. The van der Waals surface area contributed by atoms with Crippen molar-refractivity contribution in [3.05, 3.63) is 83.1 Å². The third-order valence-corrected chi connectivity index (χ3v) is 4.36. The molecule has 0 bridgehead atoms. The van der Waals surface area contributed by atoms with E-state index >= 15 is 0 Å². The predicted molar refractivity (Wildman–Crippen MR) is 104 cm³/mol. The van der Waals surface area contributed by atoms with Crippen molar-refractivity contribution >= 4 is 23.2 Å². The lowest BCUT2D eigenvalue weighted by atomic mass is 10.1. The van der Waals surface area contributed by atoms with Crippen molar-refractivity contribution in [2.24, 2.45) is 0 Å². The molecule has 2 N–H and O–H groups in total. The fourth-order valence-corrected chi connectivity index (χ4v) is 2.77. The van der Waals surface area contributed by atoms with Crippen LogP contribution in [0.15, 0.2) is 67.0 Å². The van der Waals surface area contributed by atoms with Crippen LogP contribution in [0.5, 0.6) is 0 Å². The first-order valence-electron chi connectivity index (χ1n) is 8.46. The van der Waals surface area contributed by atoms with E-state index in [1.165, 1.54) is 5.56 Å². The van der Waals surface area contributed by atoms with Gasteiger partial charge in [-0.2, -0.15) is 5.10 Å². The first-order valence-corrected chi connectivity index (χ1v) is 8.83. The van der Waals surface area contributed by atoms with Gasteiger partial charge in [-0.05, 0) is 36.2 Å². The minimum atomic E-state index is -0.346. The molecule has 0 fully saturated rings. The summed E-state index contributed by atoms with van der Waals surface area (Å²) in [5.41, 5.74) is 2.90. The van der Waals surface area contributed by atoms with Gasteiger partial charge in [-0.3, -0.25) is 9.48 Å². The van der Waals surface area contributed by atoms with Gasteiger partial charge >= 0.3 is 0 Å². The Hall–Kier alpha value is -2.63. The lowest BCUT2D eigenvalue weighted by Crippen LogP contribution is -2.37. The van der Waals surface area contributed by atoms with Gasteiger partial charge in [0.25, 0.3) is 0 Å². The van der Waals surface area contributed by atoms with E-state index in [2.05, 4.69) is 27.9 Å². The average Bonchev–Trinajstić information content (AvgIpc) is 3.15. The summed E-state index contributed by atoms with van der Waals surface area (Å²) >= 11 is 6.08. The summed E-state index contributed by atoms with van der Waals surface area (Å²) in [7, 11) is 0. The number of para-hydroxylation sites is 1. The van der Waals surface area contributed by atoms with Crippen LogP contribution < -0.4 is 10.6 Å². The van der Waals surface area contributed by atoms with Gasteiger partial charge in [-0.1, -0.05) is 48.0 Å². The van der Waals surface area contributed by atoms with E-state index in [-0.39, 0.29) is 11.9 Å². The van der Waals surface area contributed by atoms with Crippen LogP contribution in [0.4, 0.5) is 5.69 Å². The van der Waals surface area contributed by atoms with Crippen molar-refractivity contribution in [3.8, 4) is 0 Å². The predicted octanol–water partition coefficient (Wildman–Crippen LogP) is 3.70. The van der Waals surface area contributed by atoms with Crippen molar-refractivity contribution < 1.29 is 4.79 Å². The summed E-state index contributed by atoms with van der Waals surface area (Å²) in [6, 6.07) is 17.0. The molecule has 2 aromatic carbocycles. The molecule has 0 saturated heterocycles. The lowest BCUT2D eigenvalue weighted by Gasteiger charge is -2.15. The number of hydrogen-bond acceptors (Lipinski definition) is 3. The lowest BCUT2D eigenvalue weighted by molar-refractivity contribution is -0.117. The van der Waals surface area contributed by atoms with Crippen LogP contribution in [0.3, 0.4) is 0 Å². The van der Waals surface area contributed by atoms with E-state index in [9.17, 15) is 4.79 Å². The number of carbonyl (C=O) groups excluding carboxylic acids is 1. The molecule has 0 radical (unpaired) electrons. The van der Waals surface area contributed by atoms with E-state index < -0.39 is 0 Å². The summed E-state index contributed by atoms with van der Waals surface area (Å²) in [5.74, 6) is -0.120. The number of anilines is 1. The minimum absolute atomic E-state index is 0.120. The van der Waals surface area contributed by atoms with Gasteiger partial charge in [0.05, 0.1) is 23.3 Å². The van der Waals surface area contributed by atoms with Crippen molar-refractivity contribution in [1.29, 1.82) is 0 Å². The third kappa shape index (κ3) is 4.94.